The van der Waals surface area contributed by atoms with Gasteiger partial charge in [-0.25, -0.2) is 0 Å². The molecule has 0 amide bonds. The van der Waals surface area contributed by atoms with E-state index in [-0.39, 0.29) is 0 Å². The van der Waals surface area contributed by atoms with Crippen molar-refractivity contribution in [2.24, 2.45) is 5.92 Å². The molecule has 32 heavy (non-hydrogen) atoms. The van der Waals surface area contributed by atoms with E-state index in [0.29, 0.717) is 13.2 Å². The highest BCUT2D eigenvalue weighted by Gasteiger charge is 2.22. The molecule has 0 saturated heterocycles. The lowest BCUT2D eigenvalue weighted by Crippen LogP contribution is -1.99. The second-order valence-corrected chi connectivity index (χ2v) is 8.55. The number of para-hydroxylation sites is 1. The van der Waals surface area contributed by atoms with E-state index < -0.39 is 0 Å². The third-order valence-electron chi connectivity index (χ3n) is 5.92. The second-order valence-electron chi connectivity index (χ2n) is 8.55. The summed E-state index contributed by atoms with van der Waals surface area (Å²) in [6, 6.07) is 35.6. The van der Waals surface area contributed by atoms with E-state index in [9.17, 15) is 0 Å². The standard InChI is InChI=1S/C30H28O2/c1-2-8-24(9-3-1)21-31-29-14-7-13-27(20-29)26-12-6-10-25(19-26)22-32-30-15-5-4-11-28(30)18-23-16-17-23/h1-15,19-20,23H,16-18,21-22H2. The maximum atomic E-state index is 6.23. The zero-order chi connectivity index (χ0) is 21.6. The Labute approximate surface area is 190 Å². The molecule has 0 atom stereocenters. The molecule has 0 radical (unpaired) electrons. The first-order chi connectivity index (χ1) is 15.8. The molecule has 0 heterocycles. The average Bonchev–Trinajstić information content (AvgIpc) is 3.67. The normalized spacial score (nSPS) is 13.0. The summed E-state index contributed by atoms with van der Waals surface area (Å²) in [5.74, 6) is 2.74. The number of benzene rings is 4. The van der Waals surface area contributed by atoms with Crippen LogP contribution in [0.5, 0.6) is 11.5 Å². The summed E-state index contributed by atoms with van der Waals surface area (Å²) < 4.78 is 12.2. The molecule has 0 spiro atoms. The largest absolute Gasteiger partial charge is 0.489 e. The Bertz CT molecular complexity index is 1160. The molecule has 2 heteroatoms. The summed E-state index contributed by atoms with van der Waals surface area (Å²) in [6.45, 7) is 1.14. The predicted molar refractivity (Wildman–Crippen MR) is 130 cm³/mol. The third-order valence-corrected chi connectivity index (χ3v) is 5.92. The van der Waals surface area contributed by atoms with E-state index in [2.05, 4.69) is 72.8 Å². The lowest BCUT2D eigenvalue weighted by molar-refractivity contribution is 0.302. The van der Waals surface area contributed by atoms with Crippen molar-refractivity contribution in [3.05, 3.63) is 120 Å². The molecule has 0 aromatic heterocycles. The molecular weight excluding hydrogens is 392 g/mol. The highest BCUT2D eigenvalue weighted by atomic mass is 16.5. The molecular formula is C30H28O2. The van der Waals surface area contributed by atoms with Crippen LogP contribution in [0.15, 0.2) is 103 Å². The van der Waals surface area contributed by atoms with Crippen LogP contribution in [0.4, 0.5) is 0 Å². The van der Waals surface area contributed by atoms with Crippen LogP contribution in [0.1, 0.15) is 29.5 Å². The molecule has 0 N–H and O–H groups in total. The SMILES string of the molecule is c1ccc(COc2cccc(-c3cccc(COc4ccccc4CC4CC4)c3)c2)cc1. The fourth-order valence-corrected chi connectivity index (χ4v) is 3.95. The summed E-state index contributed by atoms with van der Waals surface area (Å²) in [4.78, 5) is 0. The first-order valence-electron chi connectivity index (χ1n) is 11.4. The van der Waals surface area contributed by atoms with Gasteiger partial charge in [-0.2, -0.15) is 0 Å². The molecule has 5 rings (SSSR count). The van der Waals surface area contributed by atoms with E-state index in [4.69, 9.17) is 9.47 Å². The van der Waals surface area contributed by atoms with Gasteiger partial charge in [-0.3, -0.25) is 0 Å². The van der Waals surface area contributed by atoms with Crippen LogP contribution in [-0.2, 0) is 19.6 Å². The Balaban J connectivity index is 1.26. The summed E-state index contributed by atoms with van der Waals surface area (Å²) in [7, 11) is 0. The maximum Gasteiger partial charge on any atom is 0.123 e. The number of hydrogen-bond donors (Lipinski definition) is 0. The lowest BCUT2D eigenvalue weighted by atomic mass is 10.0. The van der Waals surface area contributed by atoms with Gasteiger partial charge >= 0.3 is 0 Å². The second kappa shape index (κ2) is 9.74. The van der Waals surface area contributed by atoms with Crippen LogP contribution in [-0.4, -0.2) is 0 Å². The molecule has 1 fully saturated rings. The van der Waals surface area contributed by atoms with Crippen LogP contribution in [0, 0.1) is 5.92 Å². The van der Waals surface area contributed by atoms with Crippen molar-refractivity contribution in [3.8, 4) is 22.6 Å². The monoisotopic (exact) mass is 420 g/mol. The third kappa shape index (κ3) is 5.39. The number of hydrogen-bond acceptors (Lipinski definition) is 2. The van der Waals surface area contributed by atoms with Gasteiger partial charge in [-0.1, -0.05) is 78.9 Å². The lowest BCUT2D eigenvalue weighted by Gasteiger charge is -2.12. The van der Waals surface area contributed by atoms with E-state index in [1.807, 2.05) is 30.3 Å². The zero-order valence-corrected chi connectivity index (χ0v) is 18.2. The zero-order valence-electron chi connectivity index (χ0n) is 18.2. The van der Waals surface area contributed by atoms with Gasteiger partial charge in [0.25, 0.3) is 0 Å². The smallest absolute Gasteiger partial charge is 0.123 e. The van der Waals surface area contributed by atoms with E-state index in [1.54, 1.807) is 0 Å². The van der Waals surface area contributed by atoms with Crippen molar-refractivity contribution in [2.45, 2.75) is 32.5 Å². The molecule has 0 bridgehead atoms. The minimum atomic E-state index is 0.568. The minimum Gasteiger partial charge on any atom is -0.489 e. The van der Waals surface area contributed by atoms with Gasteiger partial charge in [-0.05, 0) is 77.3 Å². The Hall–Kier alpha value is -3.52. The van der Waals surface area contributed by atoms with Crippen molar-refractivity contribution in [3.63, 3.8) is 0 Å². The first kappa shape index (κ1) is 20.4. The fraction of sp³-hybridized carbons (Fsp3) is 0.200. The Kier molecular flexibility index (Phi) is 6.20. The fourth-order valence-electron chi connectivity index (χ4n) is 3.95. The van der Waals surface area contributed by atoms with Crippen molar-refractivity contribution >= 4 is 0 Å². The van der Waals surface area contributed by atoms with Crippen LogP contribution >= 0.6 is 0 Å². The van der Waals surface area contributed by atoms with Crippen molar-refractivity contribution in [1.29, 1.82) is 0 Å². The minimum absolute atomic E-state index is 0.568. The molecule has 1 aliphatic rings. The first-order valence-corrected chi connectivity index (χ1v) is 11.4. The average molecular weight is 421 g/mol. The Morgan fingerprint density at radius 2 is 1.28 bits per heavy atom. The quantitative estimate of drug-likeness (QED) is 0.280. The van der Waals surface area contributed by atoms with E-state index in [0.717, 1.165) is 29.4 Å². The molecule has 160 valence electrons. The van der Waals surface area contributed by atoms with Gasteiger partial charge < -0.3 is 9.47 Å². The summed E-state index contributed by atoms with van der Waals surface area (Å²) in [6.07, 6.45) is 3.83. The Morgan fingerprint density at radius 1 is 0.594 bits per heavy atom. The molecule has 0 aliphatic heterocycles. The molecule has 0 unspecified atom stereocenters. The van der Waals surface area contributed by atoms with Crippen LogP contribution < -0.4 is 9.47 Å². The molecule has 1 saturated carbocycles. The van der Waals surface area contributed by atoms with Crippen LogP contribution in [0.25, 0.3) is 11.1 Å². The van der Waals surface area contributed by atoms with Crippen molar-refractivity contribution in [2.75, 3.05) is 0 Å². The predicted octanol–water partition coefficient (Wildman–Crippen LogP) is 7.46. The highest BCUT2D eigenvalue weighted by Crippen LogP contribution is 2.35. The van der Waals surface area contributed by atoms with Gasteiger partial charge in [-0.15, -0.1) is 0 Å². The van der Waals surface area contributed by atoms with Gasteiger partial charge in [0, 0.05) is 0 Å². The topological polar surface area (TPSA) is 18.5 Å². The van der Waals surface area contributed by atoms with E-state index >= 15 is 0 Å². The highest BCUT2D eigenvalue weighted by molar-refractivity contribution is 5.65. The number of ether oxygens (including phenoxy) is 2. The maximum absolute atomic E-state index is 6.23. The molecule has 4 aromatic rings. The summed E-state index contributed by atoms with van der Waals surface area (Å²) >= 11 is 0. The molecule has 2 nitrogen and oxygen atoms in total. The Morgan fingerprint density at radius 3 is 2.12 bits per heavy atom. The van der Waals surface area contributed by atoms with E-state index in [1.165, 1.54) is 35.1 Å². The van der Waals surface area contributed by atoms with Gasteiger partial charge in [0.15, 0.2) is 0 Å². The van der Waals surface area contributed by atoms with Crippen molar-refractivity contribution < 1.29 is 9.47 Å². The van der Waals surface area contributed by atoms with Crippen LogP contribution in [0.3, 0.4) is 0 Å². The molecule has 1 aliphatic carbocycles. The summed E-state index contributed by atoms with van der Waals surface area (Å²) in [5, 5.41) is 0. The number of rotatable bonds is 9. The van der Waals surface area contributed by atoms with Crippen molar-refractivity contribution in [1.82, 2.24) is 0 Å². The van der Waals surface area contributed by atoms with Gasteiger partial charge in [0.05, 0.1) is 0 Å². The van der Waals surface area contributed by atoms with Gasteiger partial charge in [0.1, 0.15) is 24.7 Å². The van der Waals surface area contributed by atoms with Gasteiger partial charge in [0.2, 0.25) is 0 Å². The molecule has 4 aromatic carbocycles. The van der Waals surface area contributed by atoms with Crippen LogP contribution in [0.2, 0.25) is 0 Å². The summed E-state index contributed by atoms with van der Waals surface area (Å²) in [5.41, 5.74) is 5.97.